The monoisotopic (exact) mass is 228 g/mol. The Bertz CT molecular complexity index is 390. The maximum atomic E-state index is 11.5. The molecule has 0 fully saturated rings. The highest BCUT2D eigenvalue weighted by atomic mass is 35.5. The molecule has 0 unspecified atom stereocenters. The van der Waals surface area contributed by atoms with Crippen molar-refractivity contribution in [1.82, 2.24) is 0 Å². The van der Waals surface area contributed by atoms with Crippen molar-refractivity contribution in [3.8, 4) is 5.75 Å². The van der Waals surface area contributed by atoms with Gasteiger partial charge in [0.1, 0.15) is 5.75 Å². The molecule has 1 aromatic rings. The molecule has 1 aliphatic heterocycles. The van der Waals surface area contributed by atoms with Crippen molar-refractivity contribution in [2.45, 2.75) is 11.3 Å². The van der Waals surface area contributed by atoms with Gasteiger partial charge in [0.05, 0.1) is 12.1 Å². The van der Waals surface area contributed by atoms with E-state index in [0.29, 0.717) is 17.2 Å². The fourth-order valence-corrected chi connectivity index (χ4v) is 2.68. The molecule has 4 heteroatoms. The molecular formula is C10H9ClO2S. The molecule has 0 saturated heterocycles. The van der Waals surface area contributed by atoms with Crippen LogP contribution >= 0.6 is 23.4 Å². The summed E-state index contributed by atoms with van der Waals surface area (Å²) >= 11 is 7.61. The van der Waals surface area contributed by atoms with Crippen LogP contribution in [0, 0.1) is 0 Å². The topological polar surface area (TPSA) is 26.3 Å². The number of fused-ring (bicyclic) bond motifs is 1. The molecule has 2 rings (SSSR count). The van der Waals surface area contributed by atoms with Crippen LogP contribution in [0.5, 0.6) is 5.75 Å². The average Bonchev–Trinajstić information content (AvgIpc) is 2.19. The molecule has 14 heavy (non-hydrogen) atoms. The lowest BCUT2D eigenvalue weighted by Crippen LogP contribution is -2.08. The number of hydrogen-bond acceptors (Lipinski definition) is 3. The van der Waals surface area contributed by atoms with Crippen molar-refractivity contribution >= 4 is 29.1 Å². The Morgan fingerprint density at radius 1 is 1.50 bits per heavy atom. The lowest BCUT2D eigenvalue weighted by atomic mass is 10.1. The molecule has 0 aliphatic carbocycles. The van der Waals surface area contributed by atoms with Gasteiger partial charge in [-0.15, -0.1) is 11.8 Å². The molecule has 2 nitrogen and oxygen atoms in total. The van der Waals surface area contributed by atoms with E-state index in [1.165, 1.54) is 0 Å². The second-order valence-corrected chi connectivity index (χ2v) is 4.55. The van der Waals surface area contributed by atoms with Crippen molar-refractivity contribution in [1.29, 1.82) is 0 Å². The molecule has 1 aliphatic rings. The second-order valence-electron chi connectivity index (χ2n) is 3.00. The number of ketones is 1. The van der Waals surface area contributed by atoms with Crippen molar-refractivity contribution in [3.63, 3.8) is 0 Å². The lowest BCUT2D eigenvalue weighted by Gasteiger charge is -2.15. The van der Waals surface area contributed by atoms with Crippen LogP contribution in [-0.2, 0) is 0 Å². The van der Waals surface area contributed by atoms with Crippen molar-refractivity contribution < 1.29 is 9.53 Å². The molecule has 74 valence electrons. The number of carbonyl (C=O) groups is 1. The number of hydrogen-bond donors (Lipinski definition) is 0. The minimum atomic E-state index is 0.170. The van der Waals surface area contributed by atoms with Crippen LogP contribution < -0.4 is 4.74 Å². The van der Waals surface area contributed by atoms with E-state index in [0.717, 1.165) is 16.2 Å². The standard InChI is InChI=1S/C10H9ClO2S/c1-13-9-5-10-6(4-7(9)11)8(12)2-3-14-10/h4-5H,2-3H2,1H3. The van der Waals surface area contributed by atoms with Crippen LogP contribution in [0.3, 0.4) is 0 Å². The van der Waals surface area contributed by atoms with Gasteiger partial charge in [0.2, 0.25) is 0 Å². The highest BCUT2D eigenvalue weighted by Crippen LogP contribution is 2.37. The van der Waals surface area contributed by atoms with Gasteiger partial charge >= 0.3 is 0 Å². The predicted molar refractivity (Wildman–Crippen MR) is 57.7 cm³/mol. The summed E-state index contributed by atoms with van der Waals surface area (Å²) in [7, 11) is 1.57. The third-order valence-corrected chi connectivity index (χ3v) is 3.49. The summed E-state index contributed by atoms with van der Waals surface area (Å²) in [6.45, 7) is 0. The molecule has 0 bridgehead atoms. The van der Waals surface area contributed by atoms with E-state index in [2.05, 4.69) is 0 Å². The van der Waals surface area contributed by atoms with Crippen LogP contribution in [0.2, 0.25) is 5.02 Å². The average molecular weight is 229 g/mol. The van der Waals surface area contributed by atoms with Gasteiger partial charge in [0.25, 0.3) is 0 Å². The van der Waals surface area contributed by atoms with Gasteiger partial charge in [-0.3, -0.25) is 4.79 Å². The normalized spacial score (nSPS) is 15.1. The Labute approximate surface area is 91.6 Å². The summed E-state index contributed by atoms with van der Waals surface area (Å²) in [6, 6.07) is 3.53. The van der Waals surface area contributed by atoms with Gasteiger partial charge in [-0.1, -0.05) is 11.6 Å². The fraction of sp³-hybridized carbons (Fsp3) is 0.300. The summed E-state index contributed by atoms with van der Waals surface area (Å²) < 4.78 is 5.09. The largest absolute Gasteiger partial charge is 0.495 e. The number of benzene rings is 1. The van der Waals surface area contributed by atoms with Gasteiger partial charge in [0.15, 0.2) is 5.78 Å². The van der Waals surface area contributed by atoms with Crippen LogP contribution in [0.15, 0.2) is 17.0 Å². The second kappa shape index (κ2) is 3.83. The van der Waals surface area contributed by atoms with Gasteiger partial charge < -0.3 is 4.74 Å². The number of thioether (sulfide) groups is 1. The minimum Gasteiger partial charge on any atom is -0.495 e. The van der Waals surface area contributed by atoms with Gasteiger partial charge in [-0.05, 0) is 12.1 Å². The zero-order chi connectivity index (χ0) is 10.1. The van der Waals surface area contributed by atoms with Crippen molar-refractivity contribution in [2.24, 2.45) is 0 Å². The van der Waals surface area contributed by atoms with Crippen molar-refractivity contribution in [3.05, 3.63) is 22.7 Å². The maximum Gasteiger partial charge on any atom is 0.164 e. The number of rotatable bonds is 1. The molecule has 0 spiro atoms. The molecule has 0 atom stereocenters. The first-order chi connectivity index (χ1) is 6.72. The highest BCUT2D eigenvalue weighted by Gasteiger charge is 2.19. The van der Waals surface area contributed by atoms with Crippen LogP contribution in [0.25, 0.3) is 0 Å². The Balaban J connectivity index is 2.54. The molecule has 1 aromatic carbocycles. The van der Waals surface area contributed by atoms with E-state index in [9.17, 15) is 4.79 Å². The Morgan fingerprint density at radius 2 is 2.29 bits per heavy atom. The molecular weight excluding hydrogens is 220 g/mol. The quantitative estimate of drug-likeness (QED) is 0.739. The Morgan fingerprint density at radius 3 is 3.00 bits per heavy atom. The summed E-state index contributed by atoms with van der Waals surface area (Å²) in [5, 5.41) is 0.502. The van der Waals surface area contributed by atoms with Crippen LogP contribution in [-0.4, -0.2) is 18.6 Å². The van der Waals surface area contributed by atoms with Gasteiger partial charge in [0, 0.05) is 22.6 Å². The first kappa shape index (κ1) is 9.87. The van der Waals surface area contributed by atoms with Crippen LogP contribution in [0.1, 0.15) is 16.8 Å². The SMILES string of the molecule is COc1cc2c(cc1Cl)C(=O)CCS2. The molecule has 0 saturated carbocycles. The number of carbonyl (C=O) groups excluding carboxylic acids is 1. The minimum absolute atomic E-state index is 0.170. The Hall–Kier alpha value is -0.670. The third-order valence-electron chi connectivity index (χ3n) is 2.14. The first-order valence-electron chi connectivity index (χ1n) is 4.26. The third kappa shape index (κ3) is 1.62. The predicted octanol–water partition coefficient (Wildman–Crippen LogP) is 3.03. The zero-order valence-electron chi connectivity index (χ0n) is 7.67. The number of methoxy groups -OCH3 is 1. The van der Waals surface area contributed by atoms with E-state index in [-0.39, 0.29) is 5.78 Å². The smallest absolute Gasteiger partial charge is 0.164 e. The molecule has 0 aromatic heterocycles. The lowest BCUT2D eigenvalue weighted by molar-refractivity contribution is 0.0984. The Kier molecular flexibility index (Phi) is 2.70. The first-order valence-corrected chi connectivity index (χ1v) is 5.62. The van der Waals surface area contributed by atoms with E-state index < -0.39 is 0 Å². The van der Waals surface area contributed by atoms with Crippen molar-refractivity contribution in [2.75, 3.05) is 12.9 Å². The fourth-order valence-electron chi connectivity index (χ4n) is 1.42. The number of halogens is 1. The van der Waals surface area contributed by atoms with Crippen LogP contribution in [0.4, 0.5) is 0 Å². The number of ether oxygens (including phenoxy) is 1. The zero-order valence-corrected chi connectivity index (χ0v) is 9.24. The molecule has 1 heterocycles. The van der Waals surface area contributed by atoms with E-state index in [1.807, 2.05) is 6.07 Å². The summed E-state index contributed by atoms with van der Waals surface area (Å²) in [6.07, 6.45) is 0.598. The van der Waals surface area contributed by atoms with E-state index in [1.54, 1.807) is 24.9 Å². The molecule has 0 radical (unpaired) electrons. The van der Waals surface area contributed by atoms with Gasteiger partial charge in [-0.25, -0.2) is 0 Å². The summed E-state index contributed by atoms with van der Waals surface area (Å²) in [4.78, 5) is 12.5. The van der Waals surface area contributed by atoms with E-state index >= 15 is 0 Å². The molecule has 0 amide bonds. The maximum absolute atomic E-state index is 11.5. The van der Waals surface area contributed by atoms with E-state index in [4.69, 9.17) is 16.3 Å². The highest BCUT2D eigenvalue weighted by molar-refractivity contribution is 7.99. The summed E-state index contributed by atoms with van der Waals surface area (Å²) in [5.74, 6) is 1.65. The molecule has 0 N–H and O–H groups in total. The number of Topliss-reactive ketones (excluding diaryl/α,β-unsaturated/α-hetero) is 1. The van der Waals surface area contributed by atoms with Gasteiger partial charge in [-0.2, -0.15) is 0 Å². The summed E-state index contributed by atoms with van der Waals surface area (Å²) in [5.41, 5.74) is 0.729.